The van der Waals surface area contributed by atoms with E-state index < -0.39 is 52.8 Å². The van der Waals surface area contributed by atoms with Crippen LogP contribution in [0.3, 0.4) is 0 Å². The van der Waals surface area contributed by atoms with Crippen molar-refractivity contribution in [1.82, 2.24) is 0 Å². The lowest BCUT2D eigenvalue weighted by Gasteiger charge is -2.54. The third-order valence-corrected chi connectivity index (χ3v) is 6.00. The summed E-state index contributed by atoms with van der Waals surface area (Å²) in [4.78, 5) is 24.6. The summed E-state index contributed by atoms with van der Waals surface area (Å²) in [5.41, 5.74) is -1.34. The van der Waals surface area contributed by atoms with Crippen LogP contribution in [0, 0.1) is 23.2 Å². The SMILES string of the molecule is O=C1C2CC3CC1CC(C(=O)OC(C(F)(F)F)C(F)(F)SOOO)(C3)C2. The van der Waals surface area contributed by atoms with E-state index >= 15 is 0 Å². The maximum absolute atomic E-state index is 13.8. The van der Waals surface area contributed by atoms with E-state index in [1.807, 2.05) is 0 Å². The number of rotatable bonds is 6. The highest BCUT2D eigenvalue weighted by Crippen LogP contribution is 2.59. The molecule has 3 unspecified atom stereocenters. The second-order valence-electron chi connectivity index (χ2n) is 7.14. The summed E-state index contributed by atoms with van der Waals surface area (Å²) in [5, 5.41) is 6.02. The highest BCUT2D eigenvalue weighted by molar-refractivity contribution is 7.95. The molecule has 0 aromatic carbocycles. The molecular weight excluding hydrogens is 391 g/mol. The van der Waals surface area contributed by atoms with Crippen LogP contribution in [0.5, 0.6) is 0 Å². The second kappa shape index (κ2) is 6.57. The van der Waals surface area contributed by atoms with Crippen molar-refractivity contribution < 1.29 is 50.9 Å². The number of hydrogen-bond donors (Lipinski definition) is 1. The van der Waals surface area contributed by atoms with E-state index in [1.54, 1.807) is 0 Å². The van der Waals surface area contributed by atoms with Gasteiger partial charge in [0.1, 0.15) is 17.8 Å². The minimum atomic E-state index is -5.58. The van der Waals surface area contributed by atoms with Crippen LogP contribution < -0.4 is 0 Å². The van der Waals surface area contributed by atoms with E-state index in [4.69, 9.17) is 5.26 Å². The zero-order chi connectivity index (χ0) is 19.3. The molecular formula is C14H15F5O6S. The number of ketones is 1. The molecule has 26 heavy (non-hydrogen) atoms. The van der Waals surface area contributed by atoms with Crippen molar-refractivity contribution in [2.45, 2.75) is 49.6 Å². The molecule has 148 valence electrons. The van der Waals surface area contributed by atoms with Gasteiger partial charge in [-0.15, -0.1) is 4.33 Å². The molecule has 6 nitrogen and oxygen atoms in total. The van der Waals surface area contributed by atoms with Gasteiger partial charge in [-0.1, -0.05) is 5.04 Å². The van der Waals surface area contributed by atoms with Gasteiger partial charge in [-0.05, 0) is 38.0 Å². The van der Waals surface area contributed by atoms with Crippen LogP contribution in [-0.4, -0.2) is 34.5 Å². The van der Waals surface area contributed by atoms with Crippen LogP contribution in [-0.2, 0) is 23.7 Å². The van der Waals surface area contributed by atoms with Crippen LogP contribution in [0.2, 0.25) is 0 Å². The standard InChI is InChI=1S/C14H15F5O6S/c15-13(16,17)10(14(18,19)26-25-24-22)23-11(21)12-3-6-1-7(4-12)9(20)8(2-6)5-12/h6-8,10,22H,1-5H2. The molecule has 0 spiro atoms. The lowest BCUT2D eigenvalue weighted by molar-refractivity contribution is -0.434. The minimum absolute atomic E-state index is 0.00286. The number of ether oxygens (including phenoxy) is 1. The maximum atomic E-state index is 13.8. The van der Waals surface area contributed by atoms with E-state index in [0.29, 0.717) is 12.8 Å². The Labute approximate surface area is 148 Å². The zero-order valence-corrected chi connectivity index (χ0v) is 13.9. The first-order valence-electron chi connectivity index (χ1n) is 7.84. The summed E-state index contributed by atoms with van der Waals surface area (Å²) in [6.45, 7) is 0. The molecule has 4 bridgehead atoms. The third-order valence-electron chi connectivity index (χ3n) is 5.43. The first-order valence-corrected chi connectivity index (χ1v) is 8.58. The topological polar surface area (TPSA) is 82.1 Å². The molecule has 0 saturated heterocycles. The fourth-order valence-electron chi connectivity index (χ4n) is 4.66. The third kappa shape index (κ3) is 3.43. The quantitative estimate of drug-likeness (QED) is 0.238. The van der Waals surface area contributed by atoms with E-state index in [0.717, 1.165) is 0 Å². The number of halogens is 5. The molecule has 0 radical (unpaired) electrons. The molecule has 0 heterocycles. The maximum Gasteiger partial charge on any atom is 0.432 e. The Hall–Kier alpha value is -0.980. The van der Waals surface area contributed by atoms with Crippen LogP contribution in [0.4, 0.5) is 22.0 Å². The van der Waals surface area contributed by atoms with Crippen LogP contribution in [0.1, 0.15) is 32.1 Å². The highest BCUT2D eigenvalue weighted by Gasteiger charge is 2.64. The van der Waals surface area contributed by atoms with Crippen LogP contribution >= 0.6 is 12.0 Å². The monoisotopic (exact) mass is 406 g/mol. The van der Waals surface area contributed by atoms with Crippen molar-refractivity contribution in [2.75, 3.05) is 0 Å². The van der Waals surface area contributed by atoms with Gasteiger partial charge in [-0.25, -0.2) is 5.26 Å². The molecule has 12 heteroatoms. The van der Waals surface area contributed by atoms with Crippen molar-refractivity contribution in [1.29, 1.82) is 0 Å². The van der Waals surface area contributed by atoms with E-state index in [-0.39, 0.29) is 31.0 Å². The highest BCUT2D eigenvalue weighted by atomic mass is 32.2. The average molecular weight is 406 g/mol. The van der Waals surface area contributed by atoms with Crippen LogP contribution in [0.25, 0.3) is 0 Å². The van der Waals surface area contributed by atoms with Crippen molar-refractivity contribution in [2.24, 2.45) is 23.2 Å². The van der Waals surface area contributed by atoms with Gasteiger partial charge in [-0.2, -0.15) is 22.0 Å². The van der Waals surface area contributed by atoms with Gasteiger partial charge < -0.3 is 4.74 Å². The molecule has 0 amide bonds. The van der Waals surface area contributed by atoms with Crippen molar-refractivity contribution in [3.63, 3.8) is 0 Å². The predicted molar refractivity (Wildman–Crippen MR) is 74.3 cm³/mol. The largest absolute Gasteiger partial charge is 0.445 e. The Morgan fingerprint density at radius 3 is 2.23 bits per heavy atom. The number of Topliss-reactive ketones (excluding diaryl/α,β-unsaturated/α-hetero) is 1. The minimum Gasteiger partial charge on any atom is -0.445 e. The molecule has 4 fully saturated rings. The Kier molecular flexibility index (Phi) is 5.00. The number of esters is 1. The van der Waals surface area contributed by atoms with Gasteiger partial charge in [0.2, 0.25) is 0 Å². The molecule has 1 N–H and O–H groups in total. The summed E-state index contributed by atoms with van der Waals surface area (Å²) in [7, 11) is 0. The molecule has 0 aromatic rings. The summed E-state index contributed by atoms with van der Waals surface area (Å²) >= 11 is -1.12. The van der Waals surface area contributed by atoms with Gasteiger partial charge in [-0.3, -0.25) is 9.59 Å². The number of carbonyl (C=O) groups excluding carboxylic acids is 2. The first kappa shape index (κ1) is 19.8. The molecule has 0 aliphatic heterocycles. The summed E-state index contributed by atoms with van der Waals surface area (Å²) in [6, 6.07) is 0. The van der Waals surface area contributed by atoms with Gasteiger partial charge in [0.05, 0.1) is 5.41 Å². The van der Waals surface area contributed by atoms with Gasteiger partial charge in [0, 0.05) is 11.8 Å². The van der Waals surface area contributed by atoms with Gasteiger partial charge >= 0.3 is 17.4 Å². The molecule has 4 aliphatic rings. The van der Waals surface area contributed by atoms with Crippen LogP contribution in [0.15, 0.2) is 0 Å². The Morgan fingerprint density at radius 2 is 1.73 bits per heavy atom. The molecule has 4 aliphatic carbocycles. The first-order chi connectivity index (χ1) is 12.0. The lowest BCUT2D eigenvalue weighted by Crippen LogP contribution is -2.57. The summed E-state index contributed by atoms with van der Waals surface area (Å²) < 4.78 is 74.3. The molecule has 0 aromatic heterocycles. The van der Waals surface area contributed by atoms with Crippen molar-refractivity contribution in [3.8, 4) is 0 Å². The Bertz CT molecular complexity index is 579. The van der Waals surface area contributed by atoms with E-state index in [1.165, 1.54) is 0 Å². The lowest BCUT2D eigenvalue weighted by atomic mass is 9.49. The number of alkyl halides is 5. The van der Waals surface area contributed by atoms with Gasteiger partial charge in [0.25, 0.3) is 6.10 Å². The predicted octanol–water partition coefficient (Wildman–Crippen LogP) is 3.52. The van der Waals surface area contributed by atoms with Gasteiger partial charge in [0.15, 0.2) is 0 Å². The number of carbonyl (C=O) groups is 2. The molecule has 3 atom stereocenters. The zero-order valence-electron chi connectivity index (χ0n) is 13.1. The number of hydrogen-bond acceptors (Lipinski definition) is 7. The average Bonchev–Trinajstić information content (AvgIpc) is 2.53. The van der Waals surface area contributed by atoms with Crippen molar-refractivity contribution >= 4 is 23.8 Å². The van der Waals surface area contributed by atoms with E-state index in [9.17, 15) is 31.5 Å². The Balaban J connectivity index is 1.79. The smallest absolute Gasteiger partial charge is 0.432 e. The van der Waals surface area contributed by atoms with E-state index in [2.05, 4.69) is 14.1 Å². The molecule has 4 rings (SSSR count). The summed E-state index contributed by atoms with van der Waals surface area (Å²) in [6.07, 6.45) is -7.95. The fourth-order valence-corrected chi connectivity index (χ4v) is 5.05. The second-order valence-corrected chi connectivity index (χ2v) is 7.99. The molecule has 4 saturated carbocycles. The normalized spacial score (nSPS) is 34.8. The summed E-state index contributed by atoms with van der Waals surface area (Å²) in [5.74, 6) is -2.25. The Morgan fingerprint density at radius 1 is 1.15 bits per heavy atom. The van der Waals surface area contributed by atoms with Crippen molar-refractivity contribution in [3.05, 3.63) is 0 Å². The fraction of sp³-hybridized carbons (Fsp3) is 0.857.